The standard InChI is InChI=1S/C25H26O14/c1-9(26)36-8-16-19(30)21(32)22(33)25(38-16)39-24-20(31)17-12(28)6-11(27)7-13(17)37-23(24)10-4-14(34-2)18(29)15(5-10)35-3/h4-7,16,19,21-22,25,27-30,32-33H,8H2,1-3H3/t16-,19-,21?,22?,25-/m1/s1. The summed E-state index contributed by atoms with van der Waals surface area (Å²) in [6.07, 6.45) is -8.56. The molecule has 14 heteroatoms. The summed E-state index contributed by atoms with van der Waals surface area (Å²) >= 11 is 0. The van der Waals surface area contributed by atoms with E-state index >= 15 is 0 Å². The molecule has 210 valence electrons. The molecule has 14 nitrogen and oxygen atoms in total. The lowest BCUT2D eigenvalue weighted by atomic mass is 9.99. The van der Waals surface area contributed by atoms with Gasteiger partial charge < -0.3 is 58.7 Å². The molecule has 2 aromatic carbocycles. The Balaban J connectivity index is 1.89. The Morgan fingerprint density at radius 2 is 1.59 bits per heavy atom. The average Bonchev–Trinajstić information content (AvgIpc) is 2.89. The Bertz CT molecular complexity index is 1420. The van der Waals surface area contributed by atoms with E-state index in [1.165, 1.54) is 26.4 Å². The van der Waals surface area contributed by atoms with Gasteiger partial charge >= 0.3 is 5.97 Å². The number of aliphatic hydroxyl groups is 3. The highest BCUT2D eigenvalue weighted by molar-refractivity contribution is 5.88. The summed E-state index contributed by atoms with van der Waals surface area (Å²) < 4.78 is 32.2. The number of carbonyl (C=O) groups excluding carboxylic acids is 1. The molecule has 1 saturated heterocycles. The highest BCUT2D eigenvalue weighted by Crippen LogP contribution is 2.44. The number of aromatic hydroxyl groups is 3. The SMILES string of the molecule is COc1cc(-c2oc3cc(O)cc(O)c3c(=O)c2O[C@H]2O[C@H](COC(C)=O)[C@@H](O)C(O)C2O)cc(OC)c1O. The van der Waals surface area contributed by atoms with Gasteiger partial charge in [-0.05, 0) is 12.1 Å². The third kappa shape index (κ3) is 5.22. The molecule has 1 aliphatic heterocycles. The van der Waals surface area contributed by atoms with Gasteiger partial charge in [0.25, 0.3) is 0 Å². The predicted molar refractivity (Wildman–Crippen MR) is 130 cm³/mol. The van der Waals surface area contributed by atoms with Crippen molar-refractivity contribution in [2.24, 2.45) is 0 Å². The Kier molecular flexibility index (Phi) is 7.74. The smallest absolute Gasteiger partial charge is 0.302 e. The maximum absolute atomic E-state index is 13.6. The molecule has 0 saturated carbocycles. The number of rotatable bonds is 7. The summed E-state index contributed by atoms with van der Waals surface area (Å²) in [6, 6.07) is 4.52. The number of ether oxygens (including phenoxy) is 5. The van der Waals surface area contributed by atoms with Gasteiger partial charge in [0.15, 0.2) is 17.3 Å². The molecule has 0 aliphatic carbocycles. The molecule has 0 amide bonds. The van der Waals surface area contributed by atoms with Crippen molar-refractivity contribution in [2.45, 2.75) is 37.6 Å². The van der Waals surface area contributed by atoms with Crippen LogP contribution in [-0.4, -0.2) is 88.1 Å². The average molecular weight is 550 g/mol. The molecular weight excluding hydrogens is 524 g/mol. The van der Waals surface area contributed by atoms with Crippen LogP contribution in [0.2, 0.25) is 0 Å². The second-order valence-electron chi connectivity index (χ2n) is 8.59. The van der Waals surface area contributed by atoms with Gasteiger partial charge in [-0.2, -0.15) is 0 Å². The fraction of sp³-hybridized carbons (Fsp3) is 0.360. The zero-order valence-corrected chi connectivity index (χ0v) is 20.9. The summed E-state index contributed by atoms with van der Waals surface area (Å²) in [7, 11) is 2.54. The second kappa shape index (κ2) is 10.9. The molecule has 1 fully saturated rings. The van der Waals surface area contributed by atoms with Crippen molar-refractivity contribution in [3.63, 3.8) is 0 Å². The minimum atomic E-state index is -1.89. The Hall–Kier alpha value is -4.24. The van der Waals surface area contributed by atoms with E-state index in [2.05, 4.69) is 0 Å². The summed E-state index contributed by atoms with van der Waals surface area (Å²) in [5, 5.41) is 61.4. The minimum Gasteiger partial charge on any atom is -0.508 e. The number of hydrogen-bond donors (Lipinski definition) is 6. The van der Waals surface area contributed by atoms with Crippen LogP contribution in [0.5, 0.6) is 34.5 Å². The van der Waals surface area contributed by atoms with Crippen LogP contribution in [0.3, 0.4) is 0 Å². The first kappa shape index (κ1) is 27.8. The van der Waals surface area contributed by atoms with E-state index in [0.717, 1.165) is 19.1 Å². The van der Waals surface area contributed by atoms with Gasteiger partial charge in [0.1, 0.15) is 53.5 Å². The fourth-order valence-corrected chi connectivity index (χ4v) is 4.06. The van der Waals surface area contributed by atoms with E-state index in [9.17, 15) is 40.2 Å². The monoisotopic (exact) mass is 550 g/mol. The Morgan fingerprint density at radius 1 is 0.949 bits per heavy atom. The first-order chi connectivity index (χ1) is 18.5. The third-order valence-corrected chi connectivity index (χ3v) is 6.01. The largest absolute Gasteiger partial charge is 0.508 e. The quantitative estimate of drug-likeness (QED) is 0.219. The minimum absolute atomic E-state index is 0.0562. The maximum Gasteiger partial charge on any atom is 0.302 e. The maximum atomic E-state index is 13.6. The molecule has 0 bridgehead atoms. The van der Waals surface area contributed by atoms with E-state index in [1.54, 1.807) is 0 Å². The third-order valence-electron chi connectivity index (χ3n) is 6.01. The zero-order valence-electron chi connectivity index (χ0n) is 20.9. The molecule has 4 rings (SSSR count). The van der Waals surface area contributed by atoms with Crippen molar-refractivity contribution in [1.82, 2.24) is 0 Å². The predicted octanol–water partition coefficient (Wildman–Crippen LogP) is 0.344. The number of phenols is 3. The lowest BCUT2D eigenvalue weighted by molar-refractivity contribution is -0.278. The second-order valence-corrected chi connectivity index (χ2v) is 8.59. The number of methoxy groups -OCH3 is 2. The van der Waals surface area contributed by atoms with Gasteiger partial charge in [-0.25, -0.2) is 0 Å². The summed E-state index contributed by atoms with van der Waals surface area (Å²) in [5.74, 6) is -3.24. The molecule has 1 aliphatic rings. The molecule has 3 aromatic rings. The van der Waals surface area contributed by atoms with Gasteiger partial charge in [0.2, 0.25) is 23.2 Å². The number of esters is 1. The lowest BCUT2D eigenvalue weighted by Gasteiger charge is -2.39. The van der Waals surface area contributed by atoms with Crippen LogP contribution >= 0.6 is 0 Å². The van der Waals surface area contributed by atoms with Gasteiger partial charge in [0.05, 0.1) is 14.2 Å². The molecule has 5 atom stereocenters. The molecule has 0 spiro atoms. The number of fused-ring (bicyclic) bond motifs is 1. The first-order valence-electron chi connectivity index (χ1n) is 11.4. The van der Waals surface area contributed by atoms with Crippen LogP contribution in [-0.2, 0) is 14.3 Å². The molecule has 0 radical (unpaired) electrons. The molecule has 2 unspecified atom stereocenters. The lowest BCUT2D eigenvalue weighted by Crippen LogP contribution is -2.60. The van der Waals surface area contributed by atoms with Crippen molar-refractivity contribution >= 4 is 16.9 Å². The van der Waals surface area contributed by atoms with Crippen molar-refractivity contribution in [3.05, 3.63) is 34.5 Å². The molecule has 39 heavy (non-hydrogen) atoms. The van der Waals surface area contributed by atoms with Gasteiger partial charge in [0, 0.05) is 24.6 Å². The van der Waals surface area contributed by atoms with Gasteiger partial charge in [-0.15, -0.1) is 0 Å². The highest BCUT2D eigenvalue weighted by atomic mass is 16.7. The normalized spacial score (nSPS) is 22.9. The topological polar surface area (TPSA) is 215 Å². The van der Waals surface area contributed by atoms with Crippen LogP contribution < -0.4 is 19.6 Å². The summed E-state index contributed by atoms with van der Waals surface area (Å²) in [6.45, 7) is 0.608. The van der Waals surface area contributed by atoms with Crippen LogP contribution in [0.25, 0.3) is 22.3 Å². The first-order valence-corrected chi connectivity index (χ1v) is 11.4. The van der Waals surface area contributed by atoms with Crippen molar-refractivity contribution in [1.29, 1.82) is 0 Å². The van der Waals surface area contributed by atoms with Crippen molar-refractivity contribution in [2.75, 3.05) is 20.8 Å². The summed E-state index contributed by atoms with van der Waals surface area (Å²) in [5.41, 5.74) is -1.16. The van der Waals surface area contributed by atoms with E-state index in [4.69, 9.17) is 28.1 Å². The molecule has 1 aromatic heterocycles. The van der Waals surface area contributed by atoms with Crippen LogP contribution in [0, 0.1) is 0 Å². The van der Waals surface area contributed by atoms with Crippen molar-refractivity contribution < 1.29 is 63.5 Å². The fourth-order valence-electron chi connectivity index (χ4n) is 4.06. The van der Waals surface area contributed by atoms with Crippen LogP contribution in [0.4, 0.5) is 0 Å². The van der Waals surface area contributed by atoms with Gasteiger partial charge in [-0.1, -0.05) is 0 Å². The van der Waals surface area contributed by atoms with E-state index in [-0.39, 0.29) is 34.2 Å². The van der Waals surface area contributed by atoms with E-state index < -0.39 is 71.3 Å². The molecule has 2 heterocycles. The van der Waals surface area contributed by atoms with Crippen molar-refractivity contribution in [3.8, 4) is 45.8 Å². The Morgan fingerprint density at radius 3 is 2.18 bits per heavy atom. The number of aliphatic hydroxyl groups excluding tert-OH is 3. The van der Waals surface area contributed by atoms with E-state index in [0.29, 0.717) is 0 Å². The molecular formula is C25H26O14. The number of phenolic OH excluding ortho intramolecular Hbond substituents is 3. The number of carbonyl (C=O) groups is 1. The van der Waals surface area contributed by atoms with Crippen LogP contribution in [0.15, 0.2) is 33.5 Å². The summed E-state index contributed by atoms with van der Waals surface area (Å²) in [4.78, 5) is 24.8. The zero-order chi connectivity index (χ0) is 28.6. The van der Waals surface area contributed by atoms with E-state index in [1.807, 2.05) is 0 Å². The van der Waals surface area contributed by atoms with Crippen LogP contribution in [0.1, 0.15) is 6.92 Å². The van der Waals surface area contributed by atoms with Gasteiger partial charge in [-0.3, -0.25) is 9.59 Å². The number of benzene rings is 2. The molecule has 6 N–H and O–H groups in total. The number of hydrogen-bond acceptors (Lipinski definition) is 14. The Labute approximate surface area is 219 Å². The highest BCUT2D eigenvalue weighted by Gasteiger charge is 2.46.